The van der Waals surface area contributed by atoms with E-state index in [1.807, 2.05) is 41.9 Å². The van der Waals surface area contributed by atoms with Crippen LogP contribution < -0.4 is 10.6 Å². The highest BCUT2D eigenvalue weighted by Crippen LogP contribution is 2.15. The number of hydrogen-bond donors (Lipinski definition) is 2. The number of nitrogens with zero attached hydrogens (tertiary/aromatic N) is 2. The Morgan fingerprint density at radius 1 is 1.38 bits per heavy atom. The average molecular weight is 288 g/mol. The highest BCUT2D eigenvalue weighted by atomic mass is 16.5. The average Bonchev–Trinajstić information content (AvgIpc) is 2.90. The van der Waals surface area contributed by atoms with Crippen molar-refractivity contribution >= 4 is 11.7 Å². The number of carbonyl (C=O) groups excluding carboxylic acids is 1. The molecule has 0 unspecified atom stereocenters. The van der Waals surface area contributed by atoms with E-state index >= 15 is 0 Å². The second-order valence-corrected chi connectivity index (χ2v) is 4.66. The first-order valence-corrected chi connectivity index (χ1v) is 6.85. The lowest BCUT2D eigenvalue weighted by molar-refractivity contribution is 0.194. The molecular formula is C15H20N4O2. The Morgan fingerprint density at radius 2 is 2.24 bits per heavy atom. The van der Waals surface area contributed by atoms with Gasteiger partial charge in [0.2, 0.25) is 0 Å². The number of amides is 2. The number of aryl methyl sites for hydroxylation is 1. The number of nitrogens with one attached hydrogen (secondary N) is 2. The first-order chi connectivity index (χ1) is 10.2. The molecule has 0 aliphatic rings. The van der Waals surface area contributed by atoms with E-state index in [0.29, 0.717) is 13.2 Å². The van der Waals surface area contributed by atoms with Gasteiger partial charge in [0.05, 0.1) is 5.69 Å². The SMILES string of the molecule is COCCCNC(=O)Nc1cccc(-n2nccc2C)c1. The first-order valence-electron chi connectivity index (χ1n) is 6.85. The molecular weight excluding hydrogens is 268 g/mol. The molecule has 0 fully saturated rings. The fourth-order valence-electron chi connectivity index (χ4n) is 1.95. The molecule has 6 heteroatoms. The molecule has 2 N–H and O–H groups in total. The zero-order chi connectivity index (χ0) is 15.1. The molecule has 0 spiro atoms. The highest BCUT2D eigenvalue weighted by molar-refractivity contribution is 5.89. The lowest BCUT2D eigenvalue weighted by Crippen LogP contribution is -2.30. The third-order valence-electron chi connectivity index (χ3n) is 2.99. The van der Waals surface area contributed by atoms with Gasteiger partial charge in [0, 0.05) is 37.8 Å². The third kappa shape index (κ3) is 4.32. The van der Waals surface area contributed by atoms with E-state index in [9.17, 15) is 4.79 Å². The summed E-state index contributed by atoms with van der Waals surface area (Å²) in [5, 5.41) is 9.84. The molecule has 1 heterocycles. The van der Waals surface area contributed by atoms with Crippen LogP contribution in [0.2, 0.25) is 0 Å². The summed E-state index contributed by atoms with van der Waals surface area (Å²) in [6.07, 6.45) is 2.54. The smallest absolute Gasteiger partial charge is 0.319 e. The zero-order valence-electron chi connectivity index (χ0n) is 12.3. The summed E-state index contributed by atoms with van der Waals surface area (Å²) in [7, 11) is 1.64. The van der Waals surface area contributed by atoms with E-state index in [2.05, 4.69) is 15.7 Å². The summed E-state index contributed by atoms with van der Waals surface area (Å²) < 4.78 is 6.75. The molecule has 2 amide bonds. The van der Waals surface area contributed by atoms with Gasteiger partial charge < -0.3 is 15.4 Å². The van der Waals surface area contributed by atoms with Crippen LogP contribution in [0.15, 0.2) is 36.5 Å². The predicted octanol–water partition coefficient (Wildman–Crippen LogP) is 2.34. The number of carbonyl (C=O) groups is 1. The van der Waals surface area contributed by atoms with Crippen molar-refractivity contribution in [2.45, 2.75) is 13.3 Å². The lowest BCUT2D eigenvalue weighted by atomic mass is 10.2. The van der Waals surface area contributed by atoms with Gasteiger partial charge in [-0.25, -0.2) is 9.48 Å². The first kappa shape index (κ1) is 15.1. The number of aromatic nitrogens is 2. The van der Waals surface area contributed by atoms with Gasteiger partial charge in [0.15, 0.2) is 0 Å². The van der Waals surface area contributed by atoms with E-state index in [-0.39, 0.29) is 6.03 Å². The maximum absolute atomic E-state index is 11.8. The normalized spacial score (nSPS) is 10.4. The van der Waals surface area contributed by atoms with Gasteiger partial charge in [-0.05, 0) is 37.6 Å². The van der Waals surface area contributed by atoms with Gasteiger partial charge in [-0.15, -0.1) is 0 Å². The van der Waals surface area contributed by atoms with Gasteiger partial charge >= 0.3 is 6.03 Å². The predicted molar refractivity (Wildman–Crippen MR) is 81.8 cm³/mol. The van der Waals surface area contributed by atoms with Gasteiger partial charge in [-0.1, -0.05) is 6.07 Å². The number of benzene rings is 1. The lowest BCUT2D eigenvalue weighted by Gasteiger charge is -2.10. The van der Waals surface area contributed by atoms with E-state index in [1.54, 1.807) is 13.3 Å². The van der Waals surface area contributed by atoms with Crippen LogP contribution in [0.4, 0.5) is 10.5 Å². The van der Waals surface area contributed by atoms with E-state index in [4.69, 9.17) is 4.74 Å². The minimum atomic E-state index is -0.222. The largest absolute Gasteiger partial charge is 0.385 e. The number of urea groups is 1. The molecule has 0 atom stereocenters. The summed E-state index contributed by atoms with van der Waals surface area (Å²) in [6, 6.07) is 9.27. The van der Waals surface area contributed by atoms with Crippen LogP contribution in [-0.4, -0.2) is 36.1 Å². The van der Waals surface area contributed by atoms with Crippen molar-refractivity contribution in [3.05, 3.63) is 42.2 Å². The Labute approximate surface area is 124 Å². The van der Waals surface area contributed by atoms with Gasteiger partial charge in [0.1, 0.15) is 0 Å². The maximum atomic E-state index is 11.8. The molecule has 2 aromatic rings. The molecule has 0 saturated carbocycles. The summed E-state index contributed by atoms with van der Waals surface area (Å²) >= 11 is 0. The van der Waals surface area contributed by atoms with Crippen molar-refractivity contribution in [2.24, 2.45) is 0 Å². The fraction of sp³-hybridized carbons (Fsp3) is 0.333. The fourth-order valence-corrected chi connectivity index (χ4v) is 1.95. The summed E-state index contributed by atoms with van der Waals surface area (Å²) in [5.74, 6) is 0. The molecule has 0 aliphatic carbocycles. The van der Waals surface area contributed by atoms with Crippen LogP contribution in [0.1, 0.15) is 12.1 Å². The quantitative estimate of drug-likeness (QED) is 0.802. The Morgan fingerprint density at radius 3 is 2.95 bits per heavy atom. The topological polar surface area (TPSA) is 68.2 Å². The molecule has 6 nitrogen and oxygen atoms in total. The number of methoxy groups -OCH3 is 1. The van der Waals surface area contributed by atoms with Gasteiger partial charge in [-0.3, -0.25) is 0 Å². The summed E-state index contributed by atoms with van der Waals surface area (Å²) in [4.78, 5) is 11.8. The Hall–Kier alpha value is -2.34. The van der Waals surface area contributed by atoms with E-state index in [0.717, 1.165) is 23.5 Å². The van der Waals surface area contributed by atoms with Crippen LogP contribution >= 0.6 is 0 Å². The second kappa shape index (κ2) is 7.44. The molecule has 112 valence electrons. The molecule has 0 bridgehead atoms. The molecule has 0 radical (unpaired) electrons. The van der Waals surface area contributed by atoms with Crippen molar-refractivity contribution in [2.75, 3.05) is 25.6 Å². The standard InChI is InChI=1S/C15H20N4O2/c1-12-7-9-17-19(12)14-6-3-5-13(11-14)18-15(20)16-8-4-10-21-2/h3,5-7,9,11H,4,8,10H2,1-2H3,(H2,16,18,20). The van der Waals surface area contributed by atoms with Crippen LogP contribution in [0.5, 0.6) is 0 Å². The van der Waals surface area contributed by atoms with Crippen molar-refractivity contribution in [3.63, 3.8) is 0 Å². The van der Waals surface area contributed by atoms with Crippen LogP contribution in [0, 0.1) is 6.92 Å². The van der Waals surface area contributed by atoms with Crippen molar-refractivity contribution in [1.29, 1.82) is 0 Å². The summed E-state index contributed by atoms with van der Waals surface area (Å²) in [5.41, 5.74) is 2.68. The maximum Gasteiger partial charge on any atom is 0.319 e. The number of ether oxygens (including phenoxy) is 1. The highest BCUT2D eigenvalue weighted by Gasteiger charge is 2.04. The monoisotopic (exact) mass is 288 g/mol. The number of rotatable bonds is 6. The minimum absolute atomic E-state index is 0.222. The number of anilines is 1. The molecule has 1 aromatic heterocycles. The van der Waals surface area contributed by atoms with Gasteiger partial charge in [-0.2, -0.15) is 5.10 Å². The van der Waals surface area contributed by atoms with Crippen molar-refractivity contribution in [3.8, 4) is 5.69 Å². The Balaban J connectivity index is 1.95. The van der Waals surface area contributed by atoms with Crippen molar-refractivity contribution in [1.82, 2.24) is 15.1 Å². The Kier molecular flexibility index (Phi) is 5.34. The van der Waals surface area contributed by atoms with E-state index < -0.39 is 0 Å². The molecule has 21 heavy (non-hydrogen) atoms. The second-order valence-electron chi connectivity index (χ2n) is 4.66. The molecule has 1 aromatic carbocycles. The van der Waals surface area contributed by atoms with Crippen LogP contribution in [-0.2, 0) is 4.74 Å². The minimum Gasteiger partial charge on any atom is -0.385 e. The molecule has 0 aliphatic heterocycles. The zero-order valence-corrected chi connectivity index (χ0v) is 12.3. The summed E-state index contributed by atoms with van der Waals surface area (Å²) in [6.45, 7) is 3.20. The van der Waals surface area contributed by atoms with Crippen molar-refractivity contribution < 1.29 is 9.53 Å². The molecule has 2 rings (SSSR count). The van der Waals surface area contributed by atoms with E-state index in [1.165, 1.54) is 0 Å². The molecule has 0 saturated heterocycles. The van der Waals surface area contributed by atoms with Crippen LogP contribution in [0.25, 0.3) is 5.69 Å². The third-order valence-corrected chi connectivity index (χ3v) is 2.99. The Bertz CT molecular complexity index is 595. The number of hydrogen-bond acceptors (Lipinski definition) is 3. The van der Waals surface area contributed by atoms with Crippen LogP contribution in [0.3, 0.4) is 0 Å². The van der Waals surface area contributed by atoms with Gasteiger partial charge in [0.25, 0.3) is 0 Å².